The van der Waals surface area contributed by atoms with E-state index in [1.54, 1.807) is 42.5 Å². The Kier molecular flexibility index (Phi) is 7.56. The number of esters is 1. The molecule has 0 atom stereocenters. The topological polar surface area (TPSA) is 92.8 Å². The van der Waals surface area contributed by atoms with Crippen molar-refractivity contribution >= 4 is 33.5 Å². The molecule has 0 radical (unpaired) electrons. The molecule has 1 N–H and O–H groups in total. The first kappa shape index (κ1) is 21.9. The summed E-state index contributed by atoms with van der Waals surface area (Å²) in [4.78, 5) is 23.9. The first-order valence-electron chi connectivity index (χ1n) is 8.37. The quantitative estimate of drug-likeness (QED) is 0.654. The van der Waals surface area contributed by atoms with Crippen LogP contribution < -0.4 is 5.32 Å². The van der Waals surface area contributed by atoms with Crippen molar-refractivity contribution in [3.63, 3.8) is 0 Å². The SMILES string of the molecule is CN(C)S(=O)(=O)c1ccccc1CNC(=O)COC(=O)Cc1ccc(Cl)cc1. The number of sulfonamides is 1. The maximum Gasteiger partial charge on any atom is 0.310 e. The van der Waals surface area contributed by atoms with E-state index < -0.39 is 28.5 Å². The number of ether oxygens (including phenoxy) is 1. The molecule has 0 bridgehead atoms. The summed E-state index contributed by atoms with van der Waals surface area (Å²) < 4.78 is 30.7. The van der Waals surface area contributed by atoms with E-state index in [2.05, 4.69) is 5.32 Å². The highest BCUT2D eigenvalue weighted by Crippen LogP contribution is 2.18. The lowest BCUT2D eigenvalue weighted by molar-refractivity contribution is -0.147. The van der Waals surface area contributed by atoms with E-state index >= 15 is 0 Å². The molecule has 0 saturated carbocycles. The van der Waals surface area contributed by atoms with Crippen LogP contribution >= 0.6 is 11.6 Å². The summed E-state index contributed by atoms with van der Waals surface area (Å²) in [5.41, 5.74) is 1.16. The first-order chi connectivity index (χ1) is 13.2. The highest BCUT2D eigenvalue weighted by atomic mass is 35.5. The summed E-state index contributed by atoms with van der Waals surface area (Å²) in [5.74, 6) is -1.07. The number of nitrogens with one attached hydrogen (secondary N) is 1. The van der Waals surface area contributed by atoms with Crippen LogP contribution in [-0.4, -0.2) is 45.3 Å². The van der Waals surface area contributed by atoms with Crippen molar-refractivity contribution in [2.24, 2.45) is 0 Å². The van der Waals surface area contributed by atoms with Gasteiger partial charge < -0.3 is 10.1 Å². The third-order valence-corrected chi connectivity index (χ3v) is 6.00. The molecular formula is C19H21ClN2O5S. The minimum absolute atomic E-state index is 0.00316. The Morgan fingerprint density at radius 1 is 1.07 bits per heavy atom. The van der Waals surface area contributed by atoms with Crippen LogP contribution in [0.1, 0.15) is 11.1 Å². The summed E-state index contributed by atoms with van der Waals surface area (Å²) in [6.07, 6.45) is 0.0222. The average molecular weight is 425 g/mol. The van der Waals surface area contributed by atoms with Crippen molar-refractivity contribution in [2.45, 2.75) is 17.9 Å². The molecule has 0 aliphatic rings. The molecule has 0 spiro atoms. The molecule has 0 heterocycles. The van der Waals surface area contributed by atoms with Crippen LogP contribution in [0.5, 0.6) is 0 Å². The summed E-state index contributed by atoms with van der Waals surface area (Å²) in [7, 11) is -0.761. The van der Waals surface area contributed by atoms with E-state index in [9.17, 15) is 18.0 Å². The van der Waals surface area contributed by atoms with Gasteiger partial charge in [0.15, 0.2) is 6.61 Å². The third kappa shape index (κ3) is 6.05. The van der Waals surface area contributed by atoms with E-state index in [1.807, 2.05) is 0 Å². The van der Waals surface area contributed by atoms with E-state index in [4.69, 9.17) is 16.3 Å². The fourth-order valence-electron chi connectivity index (χ4n) is 2.31. The van der Waals surface area contributed by atoms with Gasteiger partial charge in [-0.05, 0) is 29.3 Å². The van der Waals surface area contributed by atoms with Crippen LogP contribution in [0.25, 0.3) is 0 Å². The third-order valence-electron chi connectivity index (χ3n) is 3.83. The van der Waals surface area contributed by atoms with Crippen molar-refractivity contribution in [3.05, 3.63) is 64.7 Å². The Bertz CT molecular complexity index is 943. The Labute approximate surface area is 169 Å². The predicted octanol–water partition coefficient (Wildman–Crippen LogP) is 1.99. The standard InChI is InChI=1S/C19H21ClN2O5S/c1-22(2)28(25,26)17-6-4-3-5-15(17)12-21-18(23)13-27-19(24)11-14-7-9-16(20)10-8-14/h3-10H,11-13H2,1-2H3,(H,21,23). The number of hydrogen-bond acceptors (Lipinski definition) is 5. The van der Waals surface area contributed by atoms with Crippen LogP contribution in [-0.2, 0) is 37.3 Å². The molecule has 7 nitrogen and oxygen atoms in total. The fraction of sp³-hybridized carbons (Fsp3) is 0.263. The second-order valence-corrected chi connectivity index (χ2v) is 8.69. The second kappa shape index (κ2) is 9.68. The van der Waals surface area contributed by atoms with Gasteiger partial charge in [-0.3, -0.25) is 9.59 Å². The zero-order valence-electron chi connectivity index (χ0n) is 15.5. The molecule has 0 saturated heterocycles. The van der Waals surface area contributed by atoms with Crippen molar-refractivity contribution < 1.29 is 22.7 Å². The van der Waals surface area contributed by atoms with Gasteiger partial charge in [0.1, 0.15) is 0 Å². The van der Waals surface area contributed by atoms with Gasteiger partial charge in [-0.1, -0.05) is 41.9 Å². The van der Waals surface area contributed by atoms with Crippen molar-refractivity contribution in [2.75, 3.05) is 20.7 Å². The van der Waals surface area contributed by atoms with Gasteiger partial charge in [0, 0.05) is 25.7 Å². The van der Waals surface area contributed by atoms with Crippen LogP contribution in [0.15, 0.2) is 53.4 Å². The van der Waals surface area contributed by atoms with Crippen molar-refractivity contribution in [1.29, 1.82) is 0 Å². The van der Waals surface area contributed by atoms with Crippen molar-refractivity contribution in [1.82, 2.24) is 9.62 Å². The molecular weight excluding hydrogens is 404 g/mol. The van der Waals surface area contributed by atoms with Crippen LogP contribution in [0, 0.1) is 0 Å². The largest absolute Gasteiger partial charge is 0.455 e. The number of hydrogen-bond donors (Lipinski definition) is 1. The van der Waals surface area contributed by atoms with Gasteiger partial charge in [-0.2, -0.15) is 0 Å². The number of nitrogens with zero attached hydrogens (tertiary/aromatic N) is 1. The molecule has 2 aromatic carbocycles. The predicted molar refractivity (Wildman–Crippen MR) is 105 cm³/mol. The molecule has 0 aliphatic carbocycles. The molecule has 2 aromatic rings. The van der Waals surface area contributed by atoms with E-state index in [-0.39, 0.29) is 17.9 Å². The van der Waals surface area contributed by atoms with Crippen molar-refractivity contribution in [3.8, 4) is 0 Å². The summed E-state index contributed by atoms with van der Waals surface area (Å²) >= 11 is 5.78. The Morgan fingerprint density at radius 3 is 2.36 bits per heavy atom. The lowest BCUT2D eigenvalue weighted by Gasteiger charge is -2.15. The summed E-state index contributed by atoms with van der Waals surface area (Å²) in [5, 5.41) is 3.12. The molecule has 0 aromatic heterocycles. The maximum absolute atomic E-state index is 12.3. The molecule has 28 heavy (non-hydrogen) atoms. The Morgan fingerprint density at radius 2 is 1.71 bits per heavy atom. The first-order valence-corrected chi connectivity index (χ1v) is 10.2. The minimum Gasteiger partial charge on any atom is -0.455 e. The van der Waals surface area contributed by atoms with Crippen LogP contribution in [0.4, 0.5) is 0 Å². The molecule has 1 amide bonds. The number of benzene rings is 2. The lowest BCUT2D eigenvalue weighted by Crippen LogP contribution is -2.30. The number of carbonyl (C=O) groups excluding carboxylic acids is 2. The molecule has 0 fully saturated rings. The monoisotopic (exact) mass is 424 g/mol. The fourth-order valence-corrected chi connectivity index (χ4v) is 3.55. The van der Waals surface area contributed by atoms with E-state index in [0.29, 0.717) is 10.6 Å². The maximum atomic E-state index is 12.3. The molecule has 150 valence electrons. The van der Waals surface area contributed by atoms with Gasteiger partial charge in [-0.25, -0.2) is 12.7 Å². The van der Waals surface area contributed by atoms with Gasteiger partial charge in [-0.15, -0.1) is 0 Å². The number of amides is 1. The summed E-state index contributed by atoms with van der Waals surface area (Å²) in [6.45, 7) is -0.453. The molecule has 0 unspecified atom stereocenters. The number of carbonyl (C=O) groups is 2. The highest BCUT2D eigenvalue weighted by molar-refractivity contribution is 7.89. The molecule has 0 aliphatic heterocycles. The van der Waals surface area contributed by atoms with Crippen LogP contribution in [0.2, 0.25) is 5.02 Å². The van der Waals surface area contributed by atoms with Gasteiger partial charge in [0.2, 0.25) is 10.0 Å². The highest BCUT2D eigenvalue weighted by Gasteiger charge is 2.20. The van der Waals surface area contributed by atoms with Gasteiger partial charge in [0.05, 0.1) is 11.3 Å². The number of halogens is 1. The van der Waals surface area contributed by atoms with Crippen LogP contribution in [0.3, 0.4) is 0 Å². The van der Waals surface area contributed by atoms with Gasteiger partial charge in [0.25, 0.3) is 5.91 Å². The Balaban J connectivity index is 1.88. The number of rotatable bonds is 8. The van der Waals surface area contributed by atoms with E-state index in [1.165, 1.54) is 20.2 Å². The van der Waals surface area contributed by atoms with Gasteiger partial charge >= 0.3 is 5.97 Å². The lowest BCUT2D eigenvalue weighted by atomic mass is 10.1. The molecule has 9 heteroatoms. The molecule has 2 rings (SSSR count). The second-order valence-electron chi connectivity index (χ2n) is 6.14. The normalized spacial score (nSPS) is 11.3. The Hall–Kier alpha value is -2.42. The zero-order chi connectivity index (χ0) is 20.7. The minimum atomic E-state index is -3.63. The average Bonchev–Trinajstić information content (AvgIpc) is 2.66. The smallest absolute Gasteiger partial charge is 0.310 e. The summed E-state index contributed by atoms with van der Waals surface area (Å²) in [6, 6.07) is 13.1. The zero-order valence-corrected chi connectivity index (χ0v) is 17.1. The van der Waals surface area contributed by atoms with E-state index in [0.717, 1.165) is 9.87 Å².